The minimum atomic E-state index is 0.164. The molecule has 1 aromatic heterocycles. The van der Waals surface area contributed by atoms with Crippen LogP contribution in [-0.2, 0) is 6.42 Å². The maximum atomic E-state index is 8.77. The van der Waals surface area contributed by atoms with Crippen molar-refractivity contribution in [2.24, 2.45) is 0 Å². The van der Waals surface area contributed by atoms with Crippen LogP contribution in [0.2, 0.25) is 0 Å². The van der Waals surface area contributed by atoms with E-state index < -0.39 is 0 Å². The normalized spacial score (nSPS) is 23.1. The summed E-state index contributed by atoms with van der Waals surface area (Å²) in [6, 6.07) is 0. The number of aliphatic hydroxyl groups is 1. The molecule has 1 atom stereocenters. The Bertz CT molecular complexity index is 297. The highest BCUT2D eigenvalue weighted by atomic mass is 16.3. The Morgan fingerprint density at radius 3 is 3.21 bits per heavy atom. The van der Waals surface area contributed by atoms with E-state index in [1.807, 2.05) is 6.20 Å². The van der Waals surface area contributed by atoms with Crippen molar-refractivity contribution in [2.45, 2.75) is 18.8 Å². The van der Waals surface area contributed by atoms with Crippen LogP contribution in [0, 0.1) is 0 Å². The third kappa shape index (κ3) is 1.96. The van der Waals surface area contributed by atoms with Gasteiger partial charge in [-0.2, -0.15) is 0 Å². The van der Waals surface area contributed by atoms with Crippen molar-refractivity contribution in [3.8, 4) is 0 Å². The van der Waals surface area contributed by atoms with Gasteiger partial charge in [0.25, 0.3) is 0 Å². The maximum absolute atomic E-state index is 8.77. The van der Waals surface area contributed by atoms with Crippen LogP contribution in [0.1, 0.15) is 23.9 Å². The van der Waals surface area contributed by atoms with Crippen molar-refractivity contribution in [2.75, 3.05) is 26.7 Å². The molecule has 1 saturated heterocycles. The Morgan fingerprint density at radius 1 is 1.71 bits per heavy atom. The van der Waals surface area contributed by atoms with Crippen molar-refractivity contribution >= 4 is 0 Å². The number of nitrogens with zero attached hydrogens (tertiary/aromatic N) is 2. The van der Waals surface area contributed by atoms with E-state index in [9.17, 15) is 0 Å². The molecule has 1 fully saturated rings. The van der Waals surface area contributed by atoms with Crippen molar-refractivity contribution in [3.05, 3.63) is 17.7 Å². The summed E-state index contributed by atoms with van der Waals surface area (Å²) in [6.45, 7) is 2.44. The number of likely N-dealkylation sites (N-methyl/N-ethyl adjacent to an activating group) is 1. The summed E-state index contributed by atoms with van der Waals surface area (Å²) in [5.74, 6) is 1.50. The number of aromatic nitrogens is 2. The lowest BCUT2D eigenvalue weighted by Gasteiger charge is -2.07. The van der Waals surface area contributed by atoms with Crippen molar-refractivity contribution in [1.29, 1.82) is 0 Å². The Balaban J connectivity index is 2.02. The number of aromatic amines is 1. The van der Waals surface area contributed by atoms with Crippen LogP contribution in [0.15, 0.2) is 6.20 Å². The second-order valence-electron chi connectivity index (χ2n) is 4.01. The van der Waals surface area contributed by atoms with E-state index in [0.717, 1.165) is 12.4 Å². The Hall–Kier alpha value is -0.870. The SMILES string of the molecule is CN1CCC(c2cnc(CCO)[nH]2)C1. The van der Waals surface area contributed by atoms with Crippen LogP contribution in [-0.4, -0.2) is 46.7 Å². The maximum Gasteiger partial charge on any atom is 0.108 e. The minimum Gasteiger partial charge on any atom is -0.396 e. The lowest BCUT2D eigenvalue weighted by molar-refractivity contribution is 0.297. The van der Waals surface area contributed by atoms with Gasteiger partial charge in [0.2, 0.25) is 0 Å². The van der Waals surface area contributed by atoms with Crippen LogP contribution < -0.4 is 0 Å². The summed E-state index contributed by atoms with van der Waals surface area (Å²) in [5.41, 5.74) is 1.22. The zero-order valence-corrected chi connectivity index (χ0v) is 8.53. The number of hydrogen-bond acceptors (Lipinski definition) is 3. The lowest BCUT2D eigenvalue weighted by Crippen LogP contribution is -2.13. The summed E-state index contributed by atoms with van der Waals surface area (Å²) in [5, 5.41) is 8.77. The molecule has 14 heavy (non-hydrogen) atoms. The van der Waals surface area contributed by atoms with Gasteiger partial charge in [-0.3, -0.25) is 0 Å². The highest BCUT2D eigenvalue weighted by molar-refractivity contribution is 5.10. The summed E-state index contributed by atoms with van der Waals surface area (Å²) in [4.78, 5) is 9.85. The first kappa shape index (κ1) is 9.68. The molecular formula is C10H17N3O. The molecule has 0 bridgehead atoms. The van der Waals surface area contributed by atoms with Crippen LogP contribution in [0.4, 0.5) is 0 Å². The Labute approximate surface area is 84.0 Å². The zero-order chi connectivity index (χ0) is 9.97. The van der Waals surface area contributed by atoms with Gasteiger partial charge >= 0.3 is 0 Å². The monoisotopic (exact) mass is 195 g/mol. The van der Waals surface area contributed by atoms with Gasteiger partial charge in [-0.05, 0) is 20.0 Å². The second-order valence-corrected chi connectivity index (χ2v) is 4.01. The number of imidazole rings is 1. The van der Waals surface area contributed by atoms with E-state index in [2.05, 4.69) is 21.9 Å². The van der Waals surface area contributed by atoms with Gasteiger partial charge in [0.1, 0.15) is 5.82 Å². The molecule has 2 heterocycles. The van der Waals surface area contributed by atoms with Gasteiger partial charge < -0.3 is 15.0 Å². The summed E-state index contributed by atoms with van der Waals surface area (Å²) in [7, 11) is 2.14. The first-order valence-electron chi connectivity index (χ1n) is 5.13. The van der Waals surface area contributed by atoms with E-state index in [1.165, 1.54) is 18.7 Å². The number of aliphatic hydroxyl groups excluding tert-OH is 1. The molecule has 0 spiro atoms. The summed E-state index contributed by atoms with van der Waals surface area (Å²) >= 11 is 0. The molecule has 0 amide bonds. The highest BCUT2D eigenvalue weighted by Gasteiger charge is 2.22. The highest BCUT2D eigenvalue weighted by Crippen LogP contribution is 2.24. The van der Waals surface area contributed by atoms with Crippen molar-refractivity contribution in [3.63, 3.8) is 0 Å². The first-order chi connectivity index (χ1) is 6.79. The molecule has 1 unspecified atom stereocenters. The standard InChI is InChI=1S/C10H17N3O/c1-13-4-2-8(7-13)9-6-11-10(12-9)3-5-14/h6,8,14H,2-5,7H2,1H3,(H,11,12). The van der Waals surface area contributed by atoms with Crippen LogP contribution in [0.3, 0.4) is 0 Å². The Kier molecular flexibility index (Phi) is 2.84. The number of nitrogens with one attached hydrogen (secondary N) is 1. The van der Waals surface area contributed by atoms with E-state index in [1.54, 1.807) is 0 Å². The molecule has 2 rings (SSSR count). The third-order valence-electron chi connectivity index (χ3n) is 2.83. The first-order valence-corrected chi connectivity index (χ1v) is 5.13. The van der Waals surface area contributed by atoms with Gasteiger partial charge in [-0.1, -0.05) is 0 Å². The molecule has 1 aliphatic rings. The zero-order valence-electron chi connectivity index (χ0n) is 8.53. The fraction of sp³-hybridized carbons (Fsp3) is 0.700. The fourth-order valence-electron chi connectivity index (χ4n) is 2.01. The predicted molar refractivity (Wildman–Crippen MR) is 54.2 cm³/mol. The molecule has 78 valence electrons. The predicted octanol–water partition coefficient (Wildman–Crippen LogP) is 0.364. The topological polar surface area (TPSA) is 52.1 Å². The largest absolute Gasteiger partial charge is 0.396 e. The summed E-state index contributed by atoms with van der Waals surface area (Å²) < 4.78 is 0. The number of likely N-dealkylation sites (tertiary alicyclic amines) is 1. The molecule has 0 aromatic carbocycles. The molecule has 0 saturated carbocycles. The van der Waals surface area contributed by atoms with Gasteiger partial charge in [-0.25, -0.2) is 4.98 Å². The third-order valence-corrected chi connectivity index (χ3v) is 2.83. The molecule has 4 heteroatoms. The molecule has 1 aromatic rings. The van der Waals surface area contributed by atoms with Crippen molar-refractivity contribution < 1.29 is 5.11 Å². The summed E-state index contributed by atoms with van der Waals surface area (Å²) in [6.07, 6.45) is 3.74. The van der Waals surface area contributed by atoms with E-state index in [4.69, 9.17) is 5.11 Å². The minimum absolute atomic E-state index is 0.164. The van der Waals surface area contributed by atoms with E-state index in [-0.39, 0.29) is 6.61 Å². The van der Waals surface area contributed by atoms with Gasteiger partial charge in [0.05, 0.1) is 6.61 Å². The van der Waals surface area contributed by atoms with Gasteiger partial charge in [0, 0.05) is 30.8 Å². The Morgan fingerprint density at radius 2 is 2.57 bits per heavy atom. The lowest BCUT2D eigenvalue weighted by atomic mass is 10.1. The molecule has 2 N–H and O–H groups in total. The number of hydrogen-bond donors (Lipinski definition) is 2. The molecule has 0 radical (unpaired) electrons. The molecule has 4 nitrogen and oxygen atoms in total. The van der Waals surface area contributed by atoms with Crippen LogP contribution in [0.5, 0.6) is 0 Å². The van der Waals surface area contributed by atoms with Gasteiger partial charge in [0.15, 0.2) is 0 Å². The quantitative estimate of drug-likeness (QED) is 0.732. The second kappa shape index (κ2) is 4.11. The molecular weight excluding hydrogens is 178 g/mol. The van der Waals surface area contributed by atoms with Crippen LogP contribution in [0.25, 0.3) is 0 Å². The number of H-pyrrole nitrogens is 1. The fourth-order valence-corrected chi connectivity index (χ4v) is 2.01. The molecule has 0 aliphatic carbocycles. The van der Waals surface area contributed by atoms with E-state index in [0.29, 0.717) is 12.3 Å². The number of rotatable bonds is 3. The van der Waals surface area contributed by atoms with E-state index >= 15 is 0 Å². The average Bonchev–Trinajstić information content (AvgIpc) is 2.74. The average molecular weight is 195 g/mol. The van der Waals surface area contributed by atoms with Crippen molar-refractivity contribution in [1.82, 2.24) is 14.9 Å². The molecule has 1 aliphatic heterocycles. The van der Waals surface area contributed by atoms with Gasteiger partial charge in [-0.15, -0.1) is 0 Å². The van der Waals surface area contributed by atoms with Crippen LogP contribution >= 0.6 is 0 Å². The smallest absolute Gasteiger partial charge is 0.108 e.